The minimum atomic E-state index is 0.0873. The smallest absolute Gasteiger partial charge is 0.253 e. The van der Waals surface area contributed by atoms with Gasteiger partial charge in [0.1, 0.15) is 5.75 Å². The van der Waals surface area contributed by atoms with Crippen LogP contribution in [0.4, 0.5) is 0 Å². The molecule has 1 aromatic heterocycles. The van der Waals surface area contributed by atoms with Gasteiger partial charge in [-0.05, 0) is 43.3 Å². The van der Waals surface area contributed by atoms with Gasteiger partial charge in [-0.25, -0.2) is 0 Å². The third-order valence-corrected chi connectivity index (χ3v) is 5.13. The standard InChI is InChI=1S/C22H24N4O3/c1-16-3-5-18(6-4-16)22(27)26-13-11-25(12-14-26)15-20-23-21(24-29-20)17-7-9-19(28-2)10-8-17/h3-10H,11-15H2,1-2H3. The van der Waals surface area contributed by atoms with Gasteiger partial charge in [0.05, 0.1) is 13.7 Å². The van der Waals surface area contributed by atoms with E-state index in [2.05, 4.69) is 15.0 Å². The lowest BCUT2D eigenvalue weighted by molar-refractivity contribution is 0.0615. The Kier molecular flexibility index (Phi) is 5.57. The summed E-state index contributed by atoms with van der Waals surface area (Å²) in [6.45, 7) is 5.52. The van der Waals surface area contributed by atoms with Gasteiger partial charge in [-0.2, -0.15) is 4.98 Å². The second-order valence-corrected chi connectivity index (χ2v) is 7.17. The lowest BCUT2D eigenvalue weighted by atomic mass is 10.1. The molecule has 1 amide bonds. The number of hydrogen-bond acceptors (Lipinski definition) is 6. The van der Waals surface area contributed by atoms with Crippen LogP contribution in [0.5, 0.6) is 5.75 Å². The van der Waals surface area contributed by atoms with Crippen LogP contribution in [-0.2, 0) is 6.54 Å². The van der Waals surface area contributed by atoms with Gasteiger partial charge in [0.15, 0.2) is 0 Å². The van der Waals surface area contributed by atoms with Gasteiger partial charge in [0.2, 0.25) is 11.7 Å². The van der Waals surface area contributed by atoms with Crippen LogP contribution in [-0.4, -0.2) is 59.1 Å². The lowest BCUT2D eigenvalue weighted by Crippen LogP contribution is -2.48. The molecule has 7 nitrogen and oxygen atoms in total. The fraction of sp³-hybridized carbons (Fsp3) is 0.318. The minimum Gasteiger partial charge on any atom is -0.497 e. The fourth-order valence-electron chi connectivity index (χ4n) is 3.36. The topological polar surface area (TPSA) is 71.7 Å². The van der Waals surface area contributed by atoms with E-state index in [1.807, 2.05) is 60.4 Å². The van der Waals surface area contributed by atoms with Crippen LogP contribution >= 0.6 is 0 Å². The number of ether oxygens (including phenoxy) is 1. The van der Waals surface area contributed by atoms with E-state index in [-0.39, 0.29) is 5.91 Å². The lowest BCUT2D eigenvalue weighted by Gasteiger charge is -2.34. The van der Waals surface area contributed by atoms with Crippen molar-refractivity contribution in [3.8, 4) is 17.1 Å². The maximum atomic E-state index is 12.6. The van der Waals surface area contributed by atoms with Crippen LogP contribution in [0.15, 0.2) is 53.1 Å². The molecule has 1 aliphatic rings. The first-order chi connectivity index (χ1) is 14.1. The SMILES string of the molecule is COc1ccc(-c2noc(CN3CCN(C(=O)c4ccc(C)cc4)CC3)n2)cc1. The molecule has 0 spiro atoms. The normalized spacial score (nSPS) is 14.8. The summed E-state index contributed by atoms with van der Waals surface area (Å²) in [4.78, 5) is 21.3. The molecule has 3 aromatic rings. The number of rotatable bonds is 5. The molecule has 1 aliphatic heterocycles. The molecule has 0 bridgehead atoms. The third kappa shape index (κ3) is 4.46. The molecule has 2 heterocycles. The molecule has 1 fully saturated rings. The van der Waals surface area contributed by atoms with Crippen LogP contribution in [0.2, 0.25) is 0 Å². The predicted octanol–water partition coefficient (Wildman–Crippen LogP) is 3.01. The first kappa shape index (κ1) is 19.1. The summed E-state index contributed by atoms with van der Waals surface area (Å²) >= 11 is 0. The Morgan fingerprint density at radius 2 is 1.72 bits per heavy atom. The van der Waals surface area contributed by atoms with Gasteiger partial charge in [0, 0.05) is 37.3 Å². The molecule has 0 aliphatic carbocycles. The number of aryl methyl sites for hydroxylation is 1. The molecule has 150 valence electrons. The molecular weight excluding hydrogens is 368 g/mol. The van der Waals surface area contributed by atoms with E-state index in [0.717, 1.165) is 35.5 Å². The van der Waals surface area contributed by atoms with Gasteiger partial charge in [-0.1, -0.05) is 22.9 Å². The molecule has 0 radical (unpaired) electrons. The van der Waals surface area contributed by atoms with Crippen LogP contribution in [0.3, 0.4) is 0 Å². The molecular formula is C22H24N4O3. The first-order valence-corrected chi connectivity index (χ1v) is 9.68. The predicted molar refractivity (Wildman–Crippen MR) is 109 cm³/mol. The second kappa shape index (κ2) is 8.45. The molecule has 0 unspecified atom stereocenters. The van der Waals surface area contributed by atoms with E-state index >= 15 is 0 Å². The van der Waals surface area contributed by atoms with Crippen LogP contribution in [0.1, 0.15) is 21.8 Å². The number of carbonyl (C=O) groups excluding carboxylic acids is 1. The third-order valence-electron chi connectivity index (χ3n) is 5.13. The summed E-state index contributed by atoms with van der Waals surface area (Å²) < 4.78 is 10.6. The first-order valence-electron chi connectivity index (χ1n) is 9.68. The summed E-state index contributed by atoms with van der Waals surface area (Å²) in [7, 11) is 1.63. The molecule has 4 rings (SSSR count). The van der Waals surface area contributed by atoms with Crippen molar-refractivity contribution in [1.29, 1.82) is 0 Å². The molecule has 0 atom stereocenters. The number of piperazine rings is 1. The van der Waals surface area contributed by atoms with E-state index < -0.39 is 0 Å². The van der Waals surface area contributed by atoms with E-state index in [0.29, 0.717) is 31.3 Å². The Labute approximate surface area is 169 Å². The zero-order valence-electron chi connectivity index (χ0n) is 16.7. The van der Waals surface area contributed by atoms with Crippen molar-refractivity contribution in [3.63, 3.8) is 0 Å². The highest BCUT2D eigenvalue weighted by Gasteiger charge is 2.23. The molecule has 0 N–H and O–H groups in total. The molecule has 1 saturated heterocycles. The highest BCUT2D eigenvalue weighted by atomic mass is 16.5. The number of benzene rings is 2. The average molecular weight is 392 g/mol. The number of amides is 1. The Hall–Kier alpha value is -3.19. The summed E-state index contributed by atoms with van der Waals surface area (Å²) in [6.07, 6.45) is 0. The Morgan fingerprint density at radius 1 is 1.03 bits per heavy atom. The largest absolute Gasteiger partial charge is 0.497 e. The molecule has 29 heavy (non-hydrogen) atoms. The van der Waals surface area contributed by atoms with Crippen LogP contribution in [0, 0.1) is 6.92 Å². The van der Waals surface area contributed by atoms with Gasteiger partial charge < -0.3 is 14.2 Å². The van der Waals surface area contributed by atoms with Gasteiger partial charge in [-0.15, -0.1) is 0 Å². The number of nitrogens with zero attached hydrogens (tertiary/aromatic N) is 4. The van der Waals surface area contributed by atoms with E-state index in [1.165, 1.54) is 0 Å². The van der Waals surface area contributed by atoms with Gasteiger partial charge in [0.25, 0.3) is 5.91 Å². The van der Waals surface area contributed by atoms with Crippen molar-refractivity contribution < 1.29 is 14.1 Å². The van der Waals surface area contributed by atoms with E-state index in [1.54, 1.807) is 7.11 Å². The van der Waals surface area contributed by atoms with Crippen molar-refractivity contribution in [2.24, 2.45) is 0 Å². The van der Waals surface area contributed by atoms with Crippen molar-refractivity contribution >= 4 is 5.91 Å². The summed E-state index contributed by atoms with van der Waals surface area (Å²) in [5.74, 6) is 2.02. The van der Waals surface area contributed by atoms with Gasteiger partial charge in [-0.3, -0.25) is 9.69 Å². The van der Waals surface area contributed by atoms with E-state index in [4.69, 9.17) is 9.26 Å². The maximum Gasteiger partial charge on any atom is 0.253 e. The Bertz CT molecular complexity index is 958. The van der Waals surface area contributed by atoms with Crippen molar-refractivity contribution in [2.45, 2.75) is 13.5 Å². The minimum absolute atomic E-state index is 0.0873. The van der Waals surface area contributed by atoms with Gasteiger partial charge >= 0.3 is 0 Å². The summed E-state index contributed by atoms with van der Waals surface area (Å²) in [6, 6.07) is 15.3. The quantitative estimate of drug-likeness (QED) is 0.665. The maximum absolute atomic E-state index is 12.6. The highest BCUT2D eigenvalue weighted by Crippen LogP contribution is 2.20. The summed E-state index contributed by atoms with van der Waals surface area (Å²) in [5.41, 5.74) is 2.78. The Morgan fingerprint density at radius 3 is 2.38 bits per heavy atom. The van der Waals surface area contributed by atoms with Crippen molar-refractivity contribution in [2.75, 3.05) is 33.3 Å². The fourth-order valence-corrected chi connectivity index (χ4v) is 3.36. The molecule has 0 saturated carbocycles. The second-order valence-electron chi connectivity index (χ2n) is 7.17. The average Bonchev–Trinajstić information content (AvgIpc) is 3.23. The number of methoxy groups -OCH3 is 1. The number of hydrogen-bond donors (Lipinski definition) is 0. The highest BCUT2D eigenvalue weighted by molar-refractivity contribution is 5.94. The Balaban J connectivity index is 1.32. The van der Waals surface area contributed by atoms with Crippen LogP contribution in [0.25, 0.3) is 11.4 Å². The van der Waals surface area contributed by atoms with E-state index in [9.17, 15) is 4.79 Å². The number of aromatic nitrogens is 2. The van der Waals surface area contributed by atoms with Crippen LogP contribution < -0.4 is 4.74 Å². The van der Waals surface area contributed by atoms with Crippen molar-refractivity contribution in [1.82, 2.24) is 19.9 Å². The zero-order chi connectivity index (χ0) is 20.2. The zero-order valence-corrected chi connectivity index (χ0v) is 16.7. The molecule has 7 heteroatoms. The summed E-state index contributed by atoms with van der Waals surface area (Å²) in [5, 5.41) is 4.08. The van der Waals surface area contributed by atoms with Crippen molar-refractivity contribution in [3.05, 3.63) is 65.5 Å². The number of carbonyl (C=O) groups is 1. The molecule has 2 aromatic carbocycles. The monoisotopic (exact) mass is 392 g/mol.